The number of amides is 3. The zero-order chi connectivity index (χ0) is 43.3. The maximum atomic E-state index is 13.8. The molecule has 11 nitrogen and oxygen atoms in total. The molecule has 0 bridgehead atoms. The molecule has 0 saturated carbocycles. The SMILES string of the molecule is CC(C)C(NC(=O)[C@]1(C)CSC(c2cccc(CNC(=O)OC(C)(C)C)n2)=N1)C(=O)NC(C=CCCSC(c1ccccc1)(c1ccccc1)c1ccccc1)CC(=O)O. The average Bonchev–Trinajstić information content (AvgIpc) is 3.63. The standard InChI is InChI=1S/C47H55N5O6S2/c1-32(2)40(51-43(56)46(6)31-59-42(52-46)38-27-18-26-37(49-38)30-48-44(57)58-45(3,4)5)41(55)50-36(29-39(53)54)25-16-17-28-60-47(33-19-10-7-11-20-33,34-21-12-8-13-22-34)35-23-14-9-15-24-35/h7-16,18-27,32,36,40H,17,28-31H2,1-6H3,(H,48,57)(H,50,55)(H,51,56)(H,53,54)/t36?,40?,46-/m0/s1. The van der Waals surface area contributed by atoms with E-state index in [4.69, 9.17) is 9.73 Å². The molecule has 3 atom stereocenters. The van der Waals surface area contributed by atoms with Gasteiger partial charge in [-0.05, 0) is 74.6 Å². The summed E-state index contributed by atoms with van der Waals surface area (Å²) >= 11 is 3.18. The normalized spacial score (nSPS) is 16.5. The highest BCUT2D eigenvalue weighted by molar-refractivity contribution is 8.14. The summed E-state index contributed by atoms with van der Waals surface area (Å²) in [6.45, 7) is 10.9. The van der Waals surface area contributed by atoms with E-state index in [1.54, 1.807) is 63.7 Å². The minimum absolute atomic E-state index is 0.151. The third kappa shape index (κ3) is 12.3. The lowest BCUT2D eigenvalue weighted by Gasteiger charge is -2.35. The molecule has 1 aromatic heterocycles. The molecular weight excluding hydrogens is 795 g/mol. The van der Waals surface area contributed by atoms with Crippen LogP contribution >= 0.6 is 23.5 Å². The number of allylic oxidation sites excluding steroid dienone is 1. The summed E-state index contributed by atoms with van der Waals surface area (Å²) in [5.41, 5.74) is 2.79. The number of nitrogens with zero attached hydrogens (tertiary/aromatic N) is 2. The van der Waals surface area contributed by atoms with Gasteiger partial charge in [0.15, 0.2) is 0 Å². The van der Waals surface area contributed by atoms with Crippen LogP contribution in [-0.4, -0.2) is 73.7 Å². The fourth-order valence-corrected chi connectivity index (χ4v) is 9.30. The van der Waals surface area contributed by atoms with E-state index in [1.165, 1.54) is 11.8 Å². The van der Waals surface area contributed by atoms with Crippen molar-refractivity contribution in [1.29, 1.82) is 0 Å². The number of carboxylic acid groups (broad SMARTS) is 1. The van der Waals surface area contributed by atoms with Gasteiger partial charge in [-0.25, -0.2) is 9.78 Å². The quantitative estimate of drug-likeness (QED) is 0.0441. The van der Waals surface area contributed by atoms with Gasteiger partial charge in [-0.15, -0.1) is 23.5 Å². The first kappa shape index (κ1) is 45.7. The van der Waals surface area contributed by atoms with Crippen LogP contribution in [0, 0.1) is 5.92 Å². The van der Waals surface area contributed by atoms with Crippen molar-refractivity contribution in [2.24, 2.45) is 10.9 Å². The van der Waals surface area contributed by atoms with Crippen LogP contribution in [-0.2, 0) is 30.4 Å². The van der Waals surface area contributed by atoms with Crippen molar-refractivity contribution in [1.82, 2.24) is 20.9 Å². The second-order valence-electron chi connectivity index (χ2n) is 16.1. The second-order valence-corrected chi connectivity index (χ2v) is 18.4. The van der Waals surface area contributed by atoms with Gasteiger partial charge in [0.05, 0.1) is 35.1 Å². The van der Waals surface area contributed by atoms with Gasteiger partial charge >= 0.3 is 12.1 Å². The van der Waals surface area contributed by atoms with Crippen molar-refractivity contribution in [3.63, 3.8) is 0 Å². The Bertz CT molecular complexity index is 2050. The van der Waals surface area contributed by atoms with E-state index < -0.39 is 51.8 Å². The molecule has 0 spiro atoms. The van der Waals surface area contributed by atoms with Crippen LogP contribution in [0.4, 0.5) is 4.79 Å². The van der Waals surface area contributed by atoms with Crippen molar-refractivity contribution in [2.75, 3.05) is 11.5 Å². The smallest absolute Gasteiger partial charge is 0.407 e. The molecule has 13 heteroatoms. The number of benzene rings is 3. The molecule has 1 aliphatic heterocycles. The van der Waals surface area contributed by atoms with E-state index in [0.717, 1.165) is 16.7 Å². The van der Waals surface area contributed by atoms with Gasteiger partial charge in [-0.2, -0.15) is 0 Å². The fourth-order valence-electron chi connectivity index (χ4n) is 6.69. The third-order valence-corrected chi connectivity index (χ3v) is 12.5. The van der Waals surface area contributed by atoms with Crippen LogP contribution in [0.3, 0.4) is 0 Å². The van der Waals surface area contributed by atoms with E-state index in [9.17, 15) is 24.3 Å². The number of rotatable bonds is 18. The van der Waals surface area contributed by atoms with Crippen molar-refractivity contribution in [3.8, 4) is 0 Å². The number of aliphatic carboxylic acids is 1. The Hall–Kier alpha value is -5.40. The number of aromatic nitrogens is 1. The Balaban J connectivity index is 1.24. The van der Waals surface area contributed by atoms with Crippen molar-refractivity contribution in [3.05, 3.63) is 149 Å². The van der Waals surface area contributed by atoms with E-state index in [2.05, 4.69) is 57.3 Å². The number of thioether (sulfide) groups is 2. The highest BCUT2D eigenvalue weighted by Crippen LogP contribution is 2.48. The molecule has 0 aliphatic carbocycles. The van der Waals surface area contributed by atoms with Crippen LogP contribution in [0.2, 0.25) is 0 Å². The number of aliphatic imine (C=N–C) groups is 1. The first-order valence-electron chi connectivity index (χ1n) is 20.1. The molecule has 0 fully saturated rings. The number of pyridine rings is 1. The zero-order valence-corrected chi connectivity index (χ0v) is 36.6. The van der Waals surface area contributed by atoms with Crippen molar-refractivity contribution in [2.45, 2.75) is 88.9 Å². The largest absolute Gasteiger partial charge is 0.481 e. The van der Waals surface area contributed by atoms with Gasteiger partial charge in [0, 0.05) is 5.75 Å². The number of hydrogen-bond acceptors (Lipinski definition) is 9. The Morgan fingerprint density at radius 3 is 1.98 bits per heavy atom. The molecule has 4 N–H and O–H groups in total. The molecule has 5 rings (SSSR count). The molecule has 3 aromatic carbocycles. The predicted octanol–water partition coefficient (Wildman–Crippen LogP) is 8.13. The van der Waals surface area contributed by atoms with Gasteiger partial charge in [0.2, 0.25) is 11.8 Å². The Labute approximate surface area is 361 Å². The molecule has 316 valence electrons. The average molecular weight is 850 g/mol. The molecule has 0 saturated heterocycles. The molecule has 2 unspecified atom stereocenters. The van der Waals surface area contributed by atoms with Crippen LogP contribution < -0.4 is 16.0 Å². The van der Waals surface area contributed by atoms with Gasteiger partial charge in [-0.3, -0.25) is 19.4 Å². The number of carbonyl (C=O) groups is 4. The molecular formula is C47H55N5O6S2. The lowest BCUT2D eigenvalue weighted by molar-refractivity contribution is -0.138. The van der Waals surface area contributed by atoms with E-state index in [-0.39, 0.29) is 18.9 Å². The summed E-state index contributed by atoms with van der Waals surface area (Å²) < 4.78 is 4.82. The molecule has 1 aliphatic rings. The predicted molar refractivity (Wildman–Crippen MR) is 241 cm³/mol. The molecule has 4 aromatic rings. The Morgan fingerprint density at radius 2 is 1.45 bits per heavy atom. The van der Waals surface area contributed by atoms with Crippen LogP contribution in [0.15, 0.2) is 126 Å². The minimum Gasteiger partial charge on any atom is -0.481 e. The van der Waals surface area contributed by atoms with Gasteiger partial charge < -0.3 is 25.8 Å². The maximum Gasteiger partial charge on any atom is 0.407 e. The zero-order valence-electron chi connectivity index (χ0n) is 35.0. The monoisotopic (exact) mass is 849 g/mol. The molecule has 2 heterocycles. The summed E-state index contributed by atoms with van der Waals surface area (Å²) in [6, 6.07) is 34.8. The summed E-state index contributed by atoms with van der Waals surface area (Å²) in [5, 5.41) is 18.8. The number of alkyl carbamates (subject to hydrolysis) is 1. The van der Waals surface area contributed by atoms with Gasteiger partial charge in [0.1, 0.15) is 22.2 Å². The van der Waals surface area contributed by atoms with E-state index >= 15 is 0 Å². The topological polar surface area (TPSA) is 159 Å². The lowest BCUT2D eigenvalue weighted by atomic mass is 9.84. The van der Waals surface area contributed by atoms with Crippen molar-refractivity contribution < 1.29 is 29.0 Å². The highest BCUT2D eigenvalue weighted by atomic mass is 32.2. The maximum absolute atomic E-state index is 13.8. The Kier molecular flexibility index (Phi) is 15.8. The summed E-state index contributed by atoms with van der Waals surface area (Å²) in [7, 11) is 0. The van der Waals surface area contributed by atoms with E-state index in [1.807, 2.05) is 74.5 Å². The molecule has 0 radical (unpaired) electrons. The molecule has 3 amide bonds. The van der Waals surface area contributed by atoms with Crippen molar-refractivity contribution >= 4 is 52.4 Å². The van der Waals surface area contributed by atoms with Gasteiger partial charge in [0.25, 0.3) is 0 Å². The number of ether oxygens (including phenoxy) is 1. The van der Waals surface area contributed by atoms with Crippen LogP contribution in [0.5, 0.6) is 0 Å². The van der Waals surface area contributed by atoms with Gasteiger partial charge in [-0.1, -0.05) is 123 Å². The van der Waals surface area contributed by atoms with E-state index in [0.29, 0.717) is 34.4 Å². The fraction of sp³-hybridized carbons (Fsp3) is 0.362. The lowest BCUT2D eigenvalue weighted by Crippen LogP contribution is -2.56. The van der Waals surface area contributed by atoms with Crippen LogP contribution in [0.25, 0.3) is 0 Å². The van der Waals surface area contributed by atoms with Crippen LogP contribution in [0.1, 0.15) is 82.5 Å². The summed E-state index contributed by atoms with van der Waals surface area (Å²) in [5.74, 6) is -1.25. The number of nitrogens with one attached hydrogen (secondary N) is 3. The first-order valence-corrected chi connectivity index (χ1v) is 22.0. The first-order chi connectivity index (χ1) is 28.6. The number of carbonyl (C=O) groups excluding carboxylic acids is 3. The minimum atomic E-state index is -1.19. The highest BCUT2D eigenvalue weighted by Gasteiger charge is 2.41. The summed E-state index contributed by atoms with van der Waals surface area (Å²) in [4.78, 5) is 61.1. The Morgan fingerprint density at radius 1 is 0.867 bits per heavy atom. The third-order valence-electron chi connectivity index (χ3n) is 9.64. The summed E-state index contributed by atoms with van der Waals surface area (Å²) in [6.07, 6.45) is 3.39. The second kappa shape index (κ2) is 20.7. The number of hydrogen-bond donors (Lipinski definition) is 4. The molecule has 60 heavy (non-hydrogen) atoms. The number of carboxylic acids is 1.